The Kier molecular flexibility index (Phi) is 5.01. The lowest BCUT2D eigenvalue weighted by Gasteiger charge is -2.09. The van der Waals surface area contributed by atoms with E-state index in [2.05, 4.69) is 15.5 Å². The van der Waals surface area contributed by atoms with E-state index in [4.69, 9.17) is 0 Å². The molecule has 0 amide bonds. The highest BCUT2D eigenvalue weighted by Crippen LogP contribution is 2.18. The number of hydrogen-bond acceptors (Lipinski definition) is 5. The van der Waals surface area contributed by atoms with Crippen LogP contribution in [0.25, 0.3) is 11.2 Å². The Bertz CT molecular complexity index is 1350. The molecule has 0 radical (unpaired) electrons. The lowest BCUT2D eigenvalue weighted by atomic mass is 10.2. The summed E-state index contributed by atoms with van der Waals surface area (Å²) in [5.74, 6) is -0.0573. The van der Waals surface area contributed by atoms with Gasteiger partial charge in [-0.3, -0.25) is 18.5 Å². The van der Waals surface area contributed by atoms with Gasteiger partial charge in [0.2, 0.25) is 5.95 Å². The van der Waals surface area contributed by atoms with E-state index in [0.29, 0.717) is 5.95 Å². The lowest BCUT2D eigenvalue weighted by molar-refractivity contribution is 0.626. The molecule has 2 aromatic heterocycles. The van der Waals surface area contributed by atoms with Crippen LogP contribution in [0, 0.1) is 5.82 Å². The smallest absolute Gasteiger partial charge is 0.298 e. The number of benzene rings is 2. The number of imidazole rings is 1. The summed E-state index contributed by atoms with van der Waals surface area (Å²) in [6.07, 6.45) is 1.62. The molecule has 0 unspecified atom stereocenters. The molecule has 4 aromatic rings. The van der Waals surface area contributed by atoms with E-state index in [1.54, 1.807) is 30.0 Å². The summed E-state index contributed by atoms with van der Waals surface area (Å²) in [5, 5.41) is 4.21. The Morgan fingerprint density at radius 2 is 1.73 bits per heavy atom. The number of hydrazone groups is 1. The largest absolute Gasteiger partial charge is 0.332 e. The Hall–Kier alpha value is -4.01. The van der Waals surface area contributed by atoms with Gasteiger partial charge in [-0.15, -0.1) is 0 Å². The summed E-state index contributed by atoms with van der Waals surface area (Å²) >= 11 is 0. The van der Waals surface area contributed by atoms with Gasteiger partial charge in [-0.25, -0.2) is 14.6 Å². The molecule has 0 atom stereocenters. The first-order valence-electron chi connectivity index (χ1n) is 9.20. The second-order valence-electron chi connectivity index (χ2n) is 6.81. The Morgan fingerprint density at radius 1 is 1.03 bits per heavy atom. The molecule has 1 N–H and O–H groups in total. The van der Waals surface area contributed by atoms with Gasteiger partial charge in [0.25, 0.3) is 5.56 Å². The molecule has 8 nitrogen and oxygen atoms in total. The highest BCUT2D eigenvalue weighted by Gasteiger charge is 2.19. The molecule has 0 aliphatic heterocycles. The average molecular weight is 406 g/mol. The van der Waals surface area contributed by atoms with Gasteiger partial charge in [0, 0.05) is 14.1 Å². The number of nitrogens with zero attached hydrogens (tertiary/aromatic N) is 5. The Labute approximate surface area is 170 Å². The van der Waals surface area contributed by atoms with Crippen LogP contribution in [-0.4, -0.2) is 24.9 Å². The van der Waals surface area contributed by atoms with Crippen LogP contribution in [0.15, 0.2) is 69.3 Å². The van der Waals surface area contributed by atoms with Crippen molar-refractivity contribution in [3.8, 4) is 0 Å². The van der Waals surface area contributed by atoms with Crippen molar-refractivity contribution >= 4 is 23.3 Å². The topological polar surface area (TPSA) is 86.2 Å². The molecule has 152 valence electrons. The number of halogens is 1. The number of hydrogen-bond donors (Lipinski definition) is 1. The number of nitrogens with one attached hydrogen (secondary N) is 1. The minimum atomic E-state index is -0.474. The van der Waals surface area contributed by atoms with Crippen LogP contribution in [0.3, 0.4) is 0 Å². The molecule has 9 heteroatoms. The van der Waals surface area contributed by atoms with Gasteiger partial charge in [0.1, 0.15) is 5.82 Å². The molecule has 0 spiro atoms. The Morgan fingerprint density at radius 3 is 2.43 bits per heavy atom. The lowest BCUT2D eigenvalue weighted by Crippen LogP contribution is -2.37. The molecule has 4 rings (SSSR count). The van der Waals surface area contributed by atoms with Gasteiger partial charge < -0.3 is 0 Å². The molecule has 0 saturated carbocycles. The molecular weight excluding hydrogens is 387 g/mol. The molecule has 0 aliphatic carbocycles. The van der Waals surface area contributed by atoms with Crippen LogP contribution >= 0.6 is 0 Å². The third kappa shape index (κ3) is 3.52. The molecule has 0 aliphatic rings. The molecule has 0 saturated heterocycles. The number of aromatic nitrogens is 4. The van der Waals surface area contributed by atoms with Crippen molar-refractivity contribution in [2.45, 2.75) is 6.54 Å². The third-order valence-corrected chi connectivity index (χ3v) is 4.78. The zero-order valence-electron chi connectivity index (χ0n) is 16.4. The van der Waals surface area contributed by atoms with E-state index in [9.17, 15) is 14.0 Å². The summed E-state index contributed by atoms with van der Waals surface area (Å²) in [7, 11) is 2.97. The van der Waals surface area contributed by atoms with Crippen LogP contribution < -0.4 is 16.7 Å². The number of fused-ring (bicyclic) bond motifs is 1. The van der Waals surface area contributed by atoms with Crippen LogP contribution in [0.4, 0.5) is 10.3 Å². The van der Waals surface area contributed by atoms with Crippen LogP contribution in [0.1, 0.15) is 11.1 Å². The fraction of sp³-hybridized carbons (Fsp3) is 0.143. The monoisotopic (exact) mass is 406 g/mol. The van der Waals surface area contributed by atoms with Crippen LogP contribution in [-0.2, 0) is 20.6 Å². The molecule has 2 heterocycles. The second-order valence-corrected chi connectivity index (χ2v) is 6.81. The van der Waals surface area contributed by atoms with Gasteiger partial charge in [0.15, 0.2) is 11.2 Å². The predicted octanol–water partition coefficient (Wildman–Crippen LogP) is 2.07. The minimum absolute atomic E-state index is 0.239. The zero-order valence-corrected chi connectivity index (χ0v) is 16.4. The van der Waals surface area contributed by atoms with E-state index in [0.717, 1.165) is 15.7 Å². The molecular formula is C21H19FN6O2. The highest BCUT2D eigenvalue weighted by molar-refractivity contribution is 5.80. The predicted molar refractivity (Wildman–Crippen MR) is 113 cm³/mol. The summed E-state index contributed by atoms with van der Waals surface area (Å²) in [6, 6.07) is 15.4. The first-order chi connectivity index (χ1) is 14.5. The van der Waals surface area contributed by atoms with Crippen molar-refractivity contribution in [1.29, 1.82) is 0 Å². The first-order valence-corrected chi connectivity index (χ1v) is 9.20. The van der Waals surface area contributed by atoms with Gasteiger partial charge in [-0.1, -0.05) is 42.5 Å². The fourth-order valence-corrected chi connectivity index (χ4v) is 3.16. The van der Waals surface area contributed by atoms with Gasteiger partial charge in [0.05, 0.1) is 12.8 Å². The van der Waals surface area contributed by atoms with E-state index in [1.807, 2.05) is 30.3 Å². The number of anilines is 1. The van der Waals surface area contributed by atoms with E-state index >= 15 is 0 Å². The van der Waals surface area contributed by atoms with Crippen molar-refractivity contribution in [3.05, 3.63) is 92.4 Å². The SMILES string of the molecule is Cn1c(=O)c2c(nc(NN=Cc3ccccc3)n2Cc2ccc(F)cc2)n(C)c1=O. The maximum Gasteiger partial charge on any atom is 0.332 e. The number of rotatable bonds is 5. The first kappa shape index (κ1) is 19.3. The summed E-state index contributed by atoms with van der Waals surface area (Å²) < 4.78 is 17.3. The van der Waals surface area contributed by atoms with E-state index in [1.165, 1.54) is 23.7 Å². The van der Waals surface area contributed by atoms with Crippen LogP contribution in [0.2, 0.25) is 0 Å². The van der Waals surface area contributed by atoms with Gasteiger partial charge in [-0.05, 0) is 23.3 Å². The zero-order chi connectivity index (χ0) is 21.3. The third-order valence-electron chi connectivity index (χ3n) is 4.78. The molecule has 2 aromatic carbocycles. The molecule has 30 heavy (non-hydrogen) atoms. The van der Waals surface area contributed by atoms with Gasteiger partial charge >= 0.3 is 5.69 Å². The highest BCUT2D eigenvalue weighted by atomic mass is 19.1. The van der Waals surface area contributed by atoms with Crippen LogP contribution in [0.5, 0.6) is 0 Å². The summed E-state index contributed by atoms with van der Waals surface area (Å²) in [5.41, 5.74) is 4.06. The van der Waals surface area contributed by atoms with Gasteiger partial charge in [-0.2, -0.15) is 10.1 Å². The van der Waals surface area contributed by atoms with Crippen molar-refractivity contribution in [2.75, 3.05) is 5.43 Å². The molecule has 0 fully saturated rings. The average Bonchev–Trinajstić information content (AvgIpc) is 3.11. The van der Waals surface area contributed by atoms with E-state index < -0.39 is 11.2 Å². The quantitative estimate of drug-likeness (QED) is 0.406. The van der Waals surface area contributed by atoms with Crippen molar-refractivity contribution in [2.24, 2.45) is 19.2 Å². The van der Waals surface area contributed by atoms with E-state index in [-0.39, 0.29) is 23.5 Å². The normalized spacial score (nSPS) is 11.4. The standard InChI is InChI=1S/C21H19FN6O2/c1-26-18-17(19(29)27(2)21(26)30)28(13-15-8-10-16(22)11-9-15)20(24-18)25-23-12-14-6-4-3-5-7-14/h3-12H,13H2,1-2H3,(H,24,25). The maximum atomic E-state index is 13.3. The number of aryl methyl sites for hydroxylation is 1. The minimum Gasteiger partial charge on any atom is -0.298 e. The van der Waals surface area contributed by atoms with Crippen molar-refractivity contribution < 1.29 is 4.39 Å². The maximum absolute atomic E-state index is 13.3. The van der Waals surface area contributed by atoms with Crippen molar-refractivity contribution in [1.82, 2.24) is 18.7 Å². The summed E-state index contributed by atoms with van der Waals surface area (Å²) in [4.78, 5) is 29.6. The fourth-order valence-electron chi connectivity index (χ4n) is 3.16. The molecule has 0 bridgehead atoms. The van der Waals surface area contributed by atoms with Crippen molar-refractivity contribution in [3.63, 3.8) is 0 Å². The Balaban J connectivity index is 1.83. The summed E-state index contributed by atoms with van der Waals surface area (Å²) in [6.45, 7) is 0.243. The second kappa shape index (κ2) is 7.78.